The zero-order chi connectivity index (χ0) is 18.7. The number of rotatable bonds is 7. The van der Waals surface area contributed by atoms with Gasteiger partial charge in [-0.2, -0.15) is 0 Å². The highest BCUT2D eigenvalue weighted by atomic mass is 16.5. The summed E-state index contributed by atoms with van der Waals surface area (Å²) in [6.45, 7) is 5.16. The van der Waals surface area contributed by atoms with E-state index in [1.165, 1.54) is 6.20 Å². The van der Waals surface area contributed by atoms with Gasteiger partial charge in [0.05, 0.1) is 31.6 Å². The molecule has 0 aliphatic carbocycles. The molecule has 0 radical (unpaired) electrons. The molecule has 4 heterocycles. The first-order valence-corrected chi connectivity index (χ1v) is 9.56. The summed E-state index contributed by atoms with van der Waals surface area (Å²) in [6.07, 6.45) is 5.90. The molecule has 7 heteroatoms. The van der Waals surface area contributed by atoms with E-state index in [1.807, 2.05) is 30.0 Å². The van der Waals surface area contributed by atoms with Gasteiger partial charge in [0.15, 0.2) is 0 Å². The zero-order valence-electron chi connectivity index (χ0n) is 15.6. The highest BCUT2D eigenvalue weighted by Crippen LogP contribution is 2.42. The van der Waals surface area contributed by atoms with E-state index in [4.69, 9.17) is 14.0 Å². The number of pyridine rings is 1. The number of ether oxygens (including phenoxy) is 2. The van der Waals surface area contributed by atoms with Crippen LogP contribution in [0.25, 0.3) is 0 Å². The van der Waals surface area contributed by atoms with Crippen molar-refractivity contribution in [2.45, 2.75) is 38.4 Å². The lowest BCUT2D eigenvalue weighted by Crippen LogP contribution is -2.66. The number of hydrogen-bond donors (Lipinski definition) is 0. The molecule has 1 atom stereocenters. The average Bonchev–Trinajstić information content (AvgIpc) is 3.31. The van der Waals surface area contributed by atoms with Crippen molar-refractivity contribution in [3.8, 4) is 0 Å². The fourth-order valence-electron chi connectivity index (χ4n) is 4.04. The number of aryl methyl sites for hydroxylation is 1. The Kier molecular flexibility index (Phi) is 5.22. The molecule has 1 spiro atoms. The van der Waals surface area contributed by atoms with Crippen LogP contribution in [0.1, 0.15) is 41.6 Å². The van der Waals surface area contributed by atoms with Gasteiger partial charge in [-0.15, -0.1) is 0 Å². The number of carbonyl (C=O) groups is 1. The molecule has 0 aromatic carbocycles. The molecule has 7 nitrogen and oxygen atoms in total. The molecule has 2 aliphatic rings. The summed E-state index contributed by atoms with van der Waals surface area (Å²) >= 11 is 0. The van der Waals surface area contributed by atoms with Gasteiger partial charge in [0.2, 0.25) is 0 Å². The van der Waals surface area contributed by atoms with Crippen LogP contribution in [0, 0.1) is 5.92 Å². The minimum Gasteiger partial charge on any atom is -0.375 e. The molecule has 2 fully saturated rings. The number of aromatic nitrogens is 2. The standard InChI is InChI=1S/C20H25N3O4/c1-2-18-17(11-22-27-18)19(24)23-13-20(14-23)15(7-10-26-20)6-9-25-12-16-5-3-4-8-21-16/h3-5,8,11,15H,2,6-7,9-10,12-14H2,1H3. The Morgan fingerprint density at radius 1 is 1.41 bits per heavy atom. The van der Waals surface area contributed by atoms with Crippen LogP contribution in [-0.4, -0.2) is 52.9 Å². The van der Waals surface area contributed by atoms with E-state index in [2.05, 4.69) is 10.1 Å². The van der Waals surface area contributed by atoms with Crippen LogP contribution in [0.15, 0.2) is 35.1 Å². The normalized spacial score (nSPS) is 20.8. The zero-order valence-corrected chi connectivity index (χ0v) is 15.6. The van der Waals surface area contributed by atoms with Gasteiger partial charge < -0.3 is 18.9 Å². The topological polar surface area (TPSA) is 77.7 Å². The molecular formula is C20H25N3O4. The molecule has 27 heavy (non-hydrogen) atoms. The molecule has 1 amide bonds. The van der Waals surface area contributed by atoms with E-state index in [1.54, 1.807) is 6.20 Å². The van der Waals surface area contributed by atoms with Gasteiger partial charge in [-0.3, -0.25) is 9.78 Å². The van der Waals surface area contributed by atoms with Crippen molar-refractivity contribution in [2.24, 2.45) is 5.92 Å². The van der Waals surface area contributed by atoms with Crippen LogP contribution in [0.4, 0.5) is 0 Å². The SMILES string of the molecule is CCc1oncc1C(=O)N1CC2(C1)OCCC2CCOCc1ccccn1. The molecule has 2 aliphatic heterocycles. The highest BCUT2D eigenvalue weighted by Gasteiger charge is 2.54. The average molecular weight is 371 g/mol. The number of likely N-dealkylation sites (tertiary alicyclic amines) is 1. The number of hydrogen-bond acceptors (Lipinski definition) is 6. The first kappa shape index (κ1) is 18.1. The molecule has 2 aromatic heterocycles. The Balaban J connectivity index is 1.27. The lowest BCUT2D eigenvalue weighted by Gasteiger charge is -2.50. The van der Waals surface area contributed by atoms with E-state index >= 15 is 0 Å². The van der Waals surface area contributed by atoms with E-state index in [9.17, 15) is 4.79 Å². The van der Waals surface area contributed by atoms with E-state index in [-0.39, 0.29) is 11.5 Å². The predicted molar refractivity (Wildman–Crippen MR) is 97.1 cm³/mol. The highest BCUT2D eigenvalue weighted by molar-refractivity contribution is 5.95. The number of nitrogens with zero attached hydrogens (tertiary/aromatic N) is 3. The van der Waals surface area contributed by atoms with Gasteiger partial charge in [0, 0.05) is 25.8 Å². The summed E-state index contributed by atoms with van der Waals surface area (Å²) in [6, 6.07) is 5.83. The number of carbonyl (C=O) groups excluding carboxylic acids is 1. The molecular weight excluding hydrogens is 346 g/mol. The third-order valence-electron chi connectivity index (χ3n) is 5.59. The van der Waals surface area contributed by atoms with E-state index in [0.717, 1.165) is 25.1 Å². The molecule has 2 aromatic rings. The van der Waals surface area contributed by atoms with Gasteiger partial charge in [0.25, 0.3) is 5.91 Å². The summed E-state index contributed by atoms with van der Waals surface area (Å²) in [4.78, 5) is 18.8. The van der Waals surface area contributed by atoms with E-state index < -0.39 is 0 Å². The molecule has 1 unspecified atom stereocenters. The second-order valence-electron chi connectivity index (χ2n) is 7.24. The minimum absolute atomic E-state index is 0.0145. The van der Waals surface area contributed by atoms with Gasteiger partial charge in [-0.1, -0.05) is 18.1 Å². The van der Waals surface area contributed by atoms with Crippen LogP contribution in [0.5, 0.6) is 0 Å². The van der Waals surface area contributed by atoms with E-state index in [0.29, 0.717) is 50.0 Å². The lowest BCUT2D eigenvalue weighted by molar-refractivity contribution is -0.120. The predicted octanol–water partition coefficient (Wildman–Crippen LogP) is 2.47. The second kappa shape index (κ2) is 7.78. The van der Waals surface area contributed by atoms with Crippen molar-refractivity contribution in [1.82, 2.24) is 15.0 Å². The Morgan fingerprint density at radius 3 is 3.07 bits per heavy atom. The van der Waals surface area contributed by atoms with Crippen LogP contribution in [-0.2, 0) is 22.5 Å². The second-order valence-corrected chi connectivity index (χ2v) is 7.24. The fraction of sp³-hybridized carbons (Fsp3) is 0.550. The summed E-state index contributed by atoms with van der Waals surface area (Å²) < 4.78 is 17.0. The van der Waals surface area contributed by atoms with Crippen LogP contribution in [0.3, 0.4) is 0 Å². The minimum atomic E-state index is -0.215. The van der Waals surface area contributed by atoms with Crippen molar-refractivity contribution in [2.75, 3.05) is 26.3 Å². The van der Waals surface area contributed by atoms with Crippen molar-refractivity contribution < 1.29 is 18.8 Å². The number of amides is 1. The first-order valence-electron chi connectivity index (χ1n) is 9.56. The van der Waals surface area contributed by atoms with Crippen molar-refractivity contribution in [3.05, 3.63) is 47.6 Å². The maximum absolute atomic E-state index is 12.7. The van der Waals surface area contributed by atoms with Gasteiger partial charge in [-0.25, -0.2) is 0 Å². The summed E-state index contributed by atoms with van der Waals surface area (Å²) in [5.41, 5.74) is 1.30. The Morgan fingerprint density at radius 2 is 2.30 bits per heavy atom. The molecule has 0 N–H and O–H groups in total. The molecule has 144 valence electrons. The smallest absolute Gasteiger partial charge is 0.259 e. The maximum Gasteiger partial charge on any atom is 0.259 e. The Labute approximate surface area is 158 Å². The van der Waals surface area contributed by atoms with Crippen molar-refractivity contribution in [3.63, 3.8) is 0 Å². The molecule has 2 saturated heterocycles. The quantitative estimate of drug-likeness (QED) is 0.696. The van der Waals surface area contributed by atoms with Crippen LogP contribution >= 0.6 is 0 Å². The summed E-state index contributed by atoms with van der Waals surface area (Å²) in [7, 11) is 0. The van der Waals surface area contributed by atoms with Crippen molar-refractivity contribution in [1.29, 1.82) is 0 Å². The Bertz CT molecular complexity index is 771. The molecule has 4 rings (SSSR count). The lowest BCUT2D eigenvalue weighted by atomic mass is 9.79. The summed E-state index contributed by atoms with van der Waals surface area (Å²) in [5, 5.41) is 3.76. The van der Waals surface area contributed by atoms with Crippen LogP contribution in [0.2, 0.25) is 0 Å². The fourth-order valence-corrected chi connectivity index (χ4v) is 4.04. The van der Waals surface area contributed by atoms with Gasteiger partial charge in [-0.05, 0) is 30.9 Å². The van der Waals surface area contributed by atoms with Gasteiger partial charge >= 0.3 is 0 Å². The first-order chi connectivity index (χ1) is 13.2. The third-order valence-corrected chi connectivity index (χ3v) is 5.59. The molecule has 0 bridgehead atoms. The van der Waals surface area contributed by atoms with Crippen molar-refractivity contribution >= 4 is 5.91 Å². The summed E-state index contributed by atoms with van der Waals surface area (Å²) in [5.74, 6) is 1.05. The largest absolute Gasteiger partial charge is 0.375 e. The third kappa shape index (κ3) is 3.61. The maximum atomic E-state index is 12.7. The molecule has 0 saturated carbocycles. The van der Waals surface area contributed by atoms with Gasteiger partial charge in [0.1, 0.15) is 16.9 Å². The monoisotopic (exact) mass is 371 g/mol. The Hall–Kier alpha value is -2.25. The van der Waals surface area contributed by atoms with Crippen LogP contribution < -0.4 is 0 Å².